The highest BCUT2D eigenvalue weighted by molar-refractivity contribution is 5.90. The van der Waals surface area contributed by atoms with Crippen molar-refractivity contribution in [2.24, 2.45) is 5.92 Å². The smallest absolute Gasteiger partial charge is 0.193 e. The molecule has 1 saturated heterocycles. The van der Waals surface area contributed by atoms with Crippen molar-refractivity contribution < 1.29 is 34.4 Å². The van der Waals surface area contributed by atoms with E-state index in [0.29, 0.717) is 24.9 Å². The summed E-state index contributed by atoms with van der Waals surface area (Å²) >= 11 is 0. The number of phenolic OH excluding ortho intramolecular Hbond substituents is 1. The fourth-order valence-corrected chi connectivity index (χ4v) is 7.01. The summed E-state index contributed by atoms with van der Waals surface area (Å²) in [4.78, 5) is 12.9. The lowest BCUT2D eigenvalue weighted by Crippen LogP contribution is -2.85. The maximum absolute atomic E-state index is 12.9. The van der Waals surface area contributed by atoms with Gasteiger partial charge in [-0.2, -0.15) is 0 Å². The number of likely N-dealkylation sites (N-methyl/N-ethyl adjacent to an activating group) is 1. The van der Waals surface area contributed by atoms with E-state index in [1.807, 2.05) is 13.1 Å². The Labute approximate surface area is 162 Å². The molecule has 6 rings (SSSR count). The summed E-state index contributed by atoms with van der Waals surface area (Å²) in [5.74, 6) is 0.225. The first-order chi connectivity index (χ1) is 13.2. The fraction of sp³-hybridized carbons (Fsp3) is 0.667. The van der Waals surface area contributed by atoms with Crippen molar-refractivity contribution in [3.8, 4) is 11.5 Å². The van der Waals surface area contributed by atoms with E-state index in [4.69, 9.17) is 4.74 Å². The van der Waals surface area contributed by atoms with E-state index in [-0.39, 0.29) is 34.1 Å². The molecule has 7 nitrogen and oxygen atoms in total. The summed E-state index contributed by atoms with van der Waals surface area (Å²) in [6.45, 7) is 0.582. The van der Waals surface area contributed by atoms with Crippen LogP contribution in [0, 0.1) is 5.92 Å². The molecule has 1 aromatic rings. The molecule has 0 amide bonds. The standard InChI is InChI=1S/C21H25NO6/c1-22(19(26)10-2-3-10)7-6-20-16-11-4-5-12(23)17(16)28-18(20)13(24)9-15(25)21(20,27)14(22)8-11/h4-5,10,14-15,18-19,25-27H,2-3,6-9H2,1H3/p+1/t14-,15?,18-,19?,20-,21-,22-/m0/s1. The zero-order valence-electron chi connectivity index (χ0n) is 15.8. The molecule has 150 valence electrons. The van der Waals surface area contributed by atoms with Crippen LogP contribution in [0.2, 0.25) is 0 Å². The van der Waals surface area contributed by atoms with E-state index in [9.17, 15) is 25.2 Å². The average Bonchev–Trinajstić information content (AvgIpc) is 3.43. The monoisotopic (exact) mass is 388 g/mol. The number of aromatic hydroxyl groups is 1. The van der Waals surface area contributed by atoms with Crippen LogP contribution in [-0.4, -0.2) is 74.4 Å². The number of Topliss-reactive ketones (excluding diaryl/α,β-unsaturated/α-hetero) is 1. The molecule has 2 aliphatic heterocycles. The third kappa shape index (κ3) is 1.62. The number of likely N-dealkylation sites (tertiary alicyclic amines) is 1. The zero-order chi connectivity index (χ0) is 19.6. The molecule has 5 aliphatic rings. The Morgan fingerprint density at radius 1 is 1.29 bits per heavy atom. The van der Waals surface area contributed by atoms with Gasteiger partial charge in [0.05, 0.1) is 25.1 Å². The molecule has 1 spiro atoms. The normalized spacial score (nSPS) is 46.7. The van der Waals surface area contributed by atoms with Gasteiger partial charge in [0.25, 0.3) is 0 Å². The first kappa shape index (κ1) is 17.2. The number of quaternary nitrogens is 1. The summed E-state index contributed by atoms with van der Waals surface area (Å²) in [5, 5.41) is 44.8. The summed E-state index contributed by atoms with van der Waals surface area (Å²) in [6.07, 6.45) is -0.0784. The van der Waals surface area contributed by atoms with Gasteiger partial charge >= 0.3 is 0 Å². The van der Waals surface area contributed by atoms with Gasteiger partial charge in [-0.05, 0) is 24.5 Å². The number of benzene rings is 1. The highest BCUT2D eigenvalue weighted by atomic mass is 16.5. The Kier molecular flexibility index (Phi) is 3.01. The van der Waals surface area contributed by atoms with Gasteiger partial charge in [0.1, 0.15) is 6.04 Å². The van der Waals surface area contributed by atoms with Crippen molar-refractivity contribution in [1.82, 2.24) is 0 Å². The number of hydrogen-bond donors (Lipinski definition) is 4. The lowest BCUT2D eigenvalue weighted by Gasteiger charge is -2.66. The first-order valence-corrected chi connectivity index (χ1v) is 10.2. The van der Waals surface area contributed by atoms with Crippen LogP contribution in [0.1, 0.15) is 36.8 Å². The fourth-order valence-electron chi connectivity index (χ4n) is 7.01. The van der Waals surface area contributed by atoms with Crippen LogP contribution in [0.3, 0.4) is 0 Å². The zero-order valence-corrected chi connectivity index (χ0v) is 15.8. The molecule has 7 heteroatoms. The predicted octanol–water partition coefficient (Wildman–Crippen LogP) is -0.0408. The number of hydrogen-bond acceptors (Lipinski definition) is 6. The van der Waals surface area contributed by atoms with Crippen molar-refractivity contribution in [2.45, 2.75) is 67.6 Å². The second-order valence-corrected chi connectivity index (χ2v) is 9.72. The highest BCUT2D eigenvalue weighted by Gasteiger charge is 2.80. The number of piperidine rings is 1. The van der Waals surface area contributed by atoms with Crippen LogP contribution in [0.25, 0.3) is 0 Å². The molecule has 2 saturated carbocycles. The van der Waals surface area contributed by atoms with Gasteiger partial charge < -0.3 is 25.2 Å². The molecule has 2 unspecified atom stereocenters. The second kappa shape index (κ2) is 4.90. The largest absolute Gasteiger partial charge is 0.504 e. The lowest BCUT2D eigenvalue weighted by atomic mass is 9.47. The molecular formula is C21H26NO6+. The molecule has 2 heterocycles. The van der Waals surface area contributed by atoms with Crippen LogP contribution >= 0.6 is 0 Å². The maximum atomic E-state index is 12.9. The van der Waals surface area contributed by atoms with Gasteiger partial charge in [0, 0.05) is 30.7 Å². The van der Waals surface area contributed by atoms with E-state index in [2.05, 4.69) is 0 Å². The molecule has 7 atom stereocenters. The molecular weight excluding hydrogens is 362 g/mol. The minimum absolute atomic E-state index is 0.0357. The quantitative estimate of drug-likeness (QED) is 0.530. The van der Waals surface area contributed by atoms with Crippen molar-refractivity contribution in [3.05, 3.63) is 23.3 Å². The van der Waals surface area contributed by atoms with Crippen LogP contribution in [0.5, 0.6) is 11.5 Å². The SMILES string of the molecule is C[N@+]1(C(O)C2CC2)CC[C@]23c4c5ccc(O)c4O[C@H]2C(=O)CC(O)[C@@]3(O)[C@@H]1C5. The molecule has 3 aliphatic carbocycles. The topological polar surface area (TPSA) is 107 Å². The Bertz CT molecular complexity index is 914. The highest BCUT2D eigenvalue weighted by Crippen LogP contribution is 2.66. The number of ketones is 1. The molecule has 1 aromatic carbocycles. The second-order valence-electron chi connectivity index (χ2n) is 9.72. The van der Waals surface area contributed by atoms with E-state index in [0.717, 1.165) is 18.4 Å². The summed E-state index contributed by atoms with van der Waals surface area (Å²) in [7, 11) is 1.97. The first-order valence-electron chi connectivity index (χ1n) is 10.2. The van der Waals surface area contributed by atoms with Crippen molar-refractivity contribution >= 4 is 5.78 Å². The van der Waals surface area contributed by atoms with E-state index in [1.165, 1.54) is 0 Å². The van der Waals surface area contributed by atoms with Crippen LogP contribution < -0.4 is 4.74 Å². The van der Waals surface area contributed by atoms with E-state index < -0.39 is 35.5 Å². The number of carbonyl (C=O) groups excluding carboxylic acids is 1. The summed E-state index contributed by atoms with van der Waals surface area (Å²) in [5.41, 5.74) is -1.05. The average molecular weight is 388 g/mol. The number of carbonyl (C=O) groups is 1. The van der Waals surface area contributed by atoms with Gasteiger partial charge in [0.15, 0.2) is 35.2 Å². The third-order valence-electron chi connectivity index (χ3n) is 8.53. The molecule has 3 fully saturated rings. The number of ether oxygens (including phenoxy) is 1. The molecule has 4 N–H and O–H groups in total. The van der Waals surface area contributed by atoms with Gasteiger partial charge in [-0.3, -0.25) is 9.28 Å². The predicted molar refractivity (Wildman–Crippen MR) is 96.7 cm³/mol. The number of rotatable bonds is 2. The Balaban J connectivity index is 1.63. The Hall–Kier alpha value is -1.67. The third-order valence-corrected chi connectivity index (χ3v) is 8.53. The van der Waals surface area contributed by atoms with E-state index in [1.54, 1.807) is 6.07 Å². The molecule has 28 heavy (non-hydrogen) atoms. The van der Waals surface area contributed by atoms with Crippen LogP contribution in [0.4, 0.5) is 0 Å². The van der Waals surface area contributed by atoms with Gasteiger partial charge in [-0.1, -0.05) is 6.07 Å². The number of nitrogens with zero attached hydrogens (tertiary/aromatic N) is 1. The summed E-state index contributed by atoms with van der Waals surface area (Å²) in [6, 6.07) is 2.96. The van der Waals surface area contributed by atoms with Crippen molar-refractivity contribution in [3.63, 3.8) is 0 Å². The van der Waals surface area contributed by atoms with Gasteiger partial charge in [0.2, 0.25) is 0 Å². The Morgan fingerprint density at radius 3 is 2.75 bits per heavy atom. The van der Waals surface area contributed by atoms with E-state index >= 15 is 0 Å². The minimum Gasteiger partial charge on any atom is -0.504 e. The molecule has 0 radical (unpaired) electrons. The summed E-state index contributed by atoms with van der Waals surface area (Å²) < 4.78 is 6.26. The number of phenols is 1. The maximum Gasteiger partial charge on any atom is 0.193 e. The van der Waals surface area contributed by atoms with Gasteiger partial charge in [-0.25, -0.2) is 0 Å². The molecule has 2 bridgehead atoms. The number of aliphatic hydroxyl groups is 3. The van der Waals surface area contributed by atoms with Crippen LogP contribution in [0.15, 0.2) is 12.1 Å². The minimum atomic E-state index is -1.60. The lowest BCUT2D eigenvalue weighted by molar-refractivity contribution is -0.992. The van der Waals surface area contributed by atoms with Crippen molar-refractivity contribution in [1.29, 1.82) is 0 Å². The molecule has 0 aromatic heterocycles. The number of aliphatic hydroxyl groups excluding tert-OH is 2. The van der Waals surface area contributed by atoms with Crippen LogP contribution in [-0.2, 0) is 16.6 Å². The van der Waals surface area contributed by atoms with Gasteiger partial charge in [-0.15, -0.1) is 0 Å². The van der Waals surface area contributed by atoms with Crippen molar-refractivity contribution in [2.75, 3.05) is 13.6 Å². The Morgan fingerprint density at radius 2 is 2.04 bits per heavy atom.